The van der Waals surface area contributed by atoms with Gasteiger partial charge in [0.05, 0.1) is 5.69 Å². The molecule has 2 aromatic rings. The number of aromatic amines is 1. The summed E-state index contributed by atoms with van der Waals surface area (Å²) in [7, 11) is 0. The van der Waals surface area contributed by atoms with Crippen LogP contribution >= 0.6 is 0 Å². The molecule has 0 atom stereocenters. The van der Waals surface area contributed by atoms with Gasteiger partial charge in [0.2, 0.25) is 5.95 Å². The van der Waals surface area contributed by atoms with E-state index in [2.05, 4.69) is 20.5 Å². The van der Waals surface area contributed by atoms with Crippen molar-refractivity contribution in [3.05, 3.63) is 29.6 Å². The van der Waals surface area contributed by atoms with Crippen LogP contribution in [-0.2, 0) is 4.79 Å². The number of aromatic nitrogens is 3. The van der Waals surface area contributed by atoms with Crippen molar-refractivity contribution in [3.63, 3.8) is 0 Å². The van der Waals surface area contributed by atoms with Gasteiger partial charge in [0, 0.05) is 0 Å². The fraction of sp³-hybridized carbons (Fsp3) is 0. The number of nitriles is 1. The predicted molar refractivity (Wildman–Crippen MR) is 72.8 cm³/mol. The number of benzene rings is 1. The van der Waals surface area contributed by atoms with E-state index in [1.165, 1.54) is 24.5 Å². The fourth-order valence-electron chi connectivity index (χ4n) is 1.50. The molecular formula is C12H10N6O3. The first-order valence-corrected chi connectivity index (χ1v) is 5.61. The van der Waals surface area contributed by atoms with E-state index in [1.807, 2.05) is 0 Å². The second-order valence-corrected chi connectivity index (χ2v) is 3.94. The van der Waals surface area contributed by atoms with Gasteiger partial charge in [-0.05, 0) is 23.8 Å². The number of amides is 1. The third-order valence-corrected chi connectivity index (χ3v) is 2.46. The minimum Gasteiger partial charge on any atom is -0.504 e. The minimum absolute atomic E-state index is 0.0748. The third kappa shape index (κ3) is 3.07. The van der Waals surface area contributed by atoms with Gasteiger partial charge >= 0.3 is 0 Å². The van der Waals surface area contributed by atoms with Crippen molar-refractivity contribution in [3.8, 4) is 17.6 Å². The number of hydrogen-bond donors (Lipinski definition) is 5. The minimum atomic E-state index is -0.708. The van der Waals surface area contributed by atoms with Gasteiger partial charge in [-0.3, -0.25) is 10.1 Å². The van der Waals surface area contributed by atoms with Crippen molar-refractivity contribution < 1.29 is 15.0 Å². The normalized spacial score (nSPS) is 10.9. The topological polar surface area (TPSA) is 161 Å². The first kappa shape index (κ1) is 13.9. The van der Waals surface area contributed by atoms with E-state index in [0.29, 0.717) is 0 Å². The lowest BCUT2D eigenvalue weighted by Gasteiger charge is -2.04. The molecule has 1 aromatic heterocycles. The molecule has 21 heavy (non-hydrogen) atoms. The summed E-state index contributed by atoms with van der Waals surface area (Å²) in [4.78, 5) is 15.5. The van der Waals surface area contributed by atoms with E-state index >= 15 is 0 Å². The Bertz CT molecular complexity index is 722. The molecule has 0 saturated heterocycles. The van der Waals surface area contributed by atoms with Crippen LogP contribution in [0.3, 0.4) is 0 Å². The fourth-order valence-corrected chi connectivity index (χ4v) is 1.50. The highest BCUT2D eigenvalue weighted by Crippen LogP contribution is 2.32. The molecular weight excluding hydrogens is 276 g/mol. The number of phenolic OH excluding ortho intramolecular Hbond substituents is 2. The van der Waals surface area contributed by atoms with Crippen molar-refractivity contribution >= 4 is 23.6 Å². The molecule has 0 saturated carbocycles. The molecule has 0 aliphatic rings. The van der Waals surface area contributed by atoms with E-state index < -0.39 is 17.4 Å². The summed E-state index contributed by atoms with van der Waals surface area (Å²) < 4.78 is 0. The molecule has 106 valence electrons. The summed E-state index contributed by atoms with van der Waals surface area (Å²) in [5.41, 5.74) is 5.45. The molecule has 0 radical (unpaired) electrons. The highest BCUT2D eigenvalue weighted by atomic mass is 16.3. The maximum absolute atomic E-state index is 11.8. The second kappa shape index (κ2) is 5.62. The number of rotatable bonds is 3. The Hall–Kier alpha value is -3.54. The van der Waals surface area contributed by atoms with Gasteiger partial charge < -0.3 is 15.9 Å². The molecule has 1 aromatic carbocycles. The first-order valence-electron chi connectivity index (χ1n) is 5.61. The maximum atomic E-state index is 11.8. The van der Waals surface area contributed by atoms with Crippen molar-refractivity contribution in [2.45, 2.75) is 0 Å². The molecule has 0 unspecified atom stereocenters. The van der Waals surface area contributed by atoms with Crippen LogP contribution < -0.4 is 11.1 Å². The number of carbonyl (C=O) groups is 1. The number of nitrogen functional groups attached to an aromatic ring is 1. The Balaban J connectivity index is 2.29. The Morgan fingerprint density at radius 1 is 1.48 bits per heavy atom. The van der Waals surface area contributed by atoms with Gasteiger partial charge in [-0.2, -0.15) is 15.3 Å². The van der Waals surface area contributed by atoms with Crippen molar-refractivity contribution in [1.82, 2.24) is 15.2 Å². The van der Waals surface area contributed by atoms with E-state index in [0.717, 1.165) is 0 Å². The number of anilines is 2. The Kier molecular flexibility index (Phi) is 3.71. The average molecular weight is 286 g/mol. The second-order valence-electron chi connectivity index (χ2n) is 3.94. The van der Waals surface area contributed by atoms with Crippen LogP contribution in [0.5, 0.6) is 11.5 Å². The van der Waals surface area contributed by atoms with Crippen LogP contribution in [0.1, 0.15) is 5.56 Å². The summed E-state index contributed by atoms with van der Waals surface area (Å²) in [5, 5.41) is 36.1. The molecule has 0 aliphatic carbocycles. The number of hydrogen-bond acceptors (Lipinski definition) is 7. The Morgan fingerprint density at radius 3 is 2.81 bits per heavy atom. The van der Waals surface area contributed by atoms with Crippen molar-refractivity contribution in [2.75, 3.05) is 11.1 Å². The molecule has 1 amide bonds. The van der Waals surface area contributed by atoms with Crippen LogP contribution in [0, 0.1) is 11.3 Å². The molecule has 0 aliphatic heterocycles. The lowest BCUT2D eigenvalue weighted by atomic mass is 10.1. The SMILES string of the molecule is N#C/C(=C\c1cc(N)c(O)c(O)c1)C(=O)Nc1ncn[nH]1. The zero-order valence-electron chi connectivity index (χ0n) is 10.5. The zero-order chi connectivity index (χ0) is 15.4. The highest BCUT2D eigenvalue weighted by molar-refractivity contribution is 6.09. The van der Waals surface area contributed by atoms with Crippen LogP contribution in [0.4, 0.5) is 11.6 Å². The lowest BCUT2D eigenvalue weighted by Crippen LogP contribution is -2.14. The number of nitrogens with one attached hydrogen (secondary N) is 2. The quantitative estimate of drug-likeness (QED) is 0.235. The molecule has 0 bridgehead atoms. The molecule has 2 rings (SSSR count). The van der Waals surface area contributed by atoms with Gasteiger partial charge in [0.1, 0.15) is 18.0 Å². The maximum Gasteiger partial charge on any atom is 0.268 e. The van der Waals surface area contributed by atoms with E-state index in [-0.39, 0.29) is 22.8 Å². The molecule has 1 heterocycles. The third-order valence-electron chi connectivity index (χ3n) is 2.46. The van der Waals surface area contributed by atoms with Gasteiger partial charge in [0.15, 0.2) is 11.5 Å². The summed E-state index contributed by atoms with van der Waals surface area (Å²) in [6.07, 6.45) is 2.41. The van der Waals surface area contributed by atoms with Gasteiger partial charge in [-0.15, -0.1) is 0 Å². The first-order chi connectivity index (χ1) is 10.0. The van der Waals surface area contributed by atoms with Crippen LogP contribution in [-0.4, -0.2) is 31.3 Å². The van der Waals surface area contributed by atoms with Gasteiger partial charge in [-0.1, -0.05) is 0 Å². The number of nitrogens with zero attached hydrogens (tertiary/aromatic N) is 3. The molecule has 6 N–H and O–H groups in total. The van der Waals surface area contributed by atoms with Crippen molar-refractivity contribution in [2.24, 2.45) is 0 Å². The number of nitrogens with two attached hydrogens (primary N) is 1. The summed E-state index contributed by atoms with van der Waals surface area (Å²) >= 11 is 0. The number of H-pyrrole nitrogens is 1. The van der Waals surface area contributed by atoms with Crippen molar-refractivity contribution in [1.29, 1.82) is 5.26 Å². The summed E-state index contributed by atoms with van der Waals surface area (Å²) in [6, 6.07) is 4.20. The standard InChI is InChI=1S/C12H10N6O3/c13-4-7(11(21)17-12-15-5-16-18-12)1-6-2-8(14)10(20)9(19)3-6/h1-3,5,19-20H,14H2,(H2,15,16,17,18,21)/b7-1+. The molecule has 9 nitrogen and oxygen atoms in total. The molecule has 0 fully saturated rings. The number of aromatic hydroxyl groups is 2. The lowest BCUT2D eigenvalue weighted by molar-refractivity contribution is -0.112. The van der Waals surface area contributed by atoms with Gasteiger partial charge in [-0.25, -0.2) is 5.10 Å². The van der Waals surface area contributed by atoms with Gasteiger partial charge in [0.25, 0.3) is 5.91 Å². The van der Waals surface area contributed by atoms with E-state index in [4.69, 9.17) is 11.0 Å². The van der Waals surface area contributed by atoms with E-state index in [9.17, 15) is 15.0 Å². The van der Waals surface area contributed by atoms with Crippen LogP contribution in [0.25, 0.3) is 6.08 Å². The molecule has 9 heteroatoms. The summed E-state index contributed by atoms with van der Waals surface area (Å²) in [5.74, 6) is -1.53. The van der Waals surface area contributed by atoms with Crippen LogP contribution in [0.2, 0.25) is 0 Å². The smallest absolute Gasteiger partial charge is 0.268 e. The van der Waals surface area contributed by atoms with Crippen LogP contribution in [0.15, 0.2) is 24.0 Å². The van der Waals surface area contributed by atoms with E-state index in [1.54, 1.807) is 6.07 Å². The summed E-state index contributed by atoms with van der Waals surface area (Å²) in [6.45, 7) is 0. The zero-order valence-corrected chi connectivity index (χ0v) is 10.5. The molecule has 0 spiro atoms. The Morgan fingerprint density at radius 2 is 2.24 bits per heavy atom. The predicted octanol–water partition coefficient (Wildman–Crippen LogP) is 0.344. The highest BCUT2D eigenvalue weighted by Gasteiger charge is 2.12. The largest absolute Gasteiger partial charge is 0.504 e. The monoisotopic (exact) mass is 286 g/mol. The number of phenols is 2. The number of carbonyl (C=O) groups excluding carboxylic acids is 1. The average Bonchev–Trinajstić information content (AvgIpc) is 2.94. The Labute approximate surface area is 118 Å².